The molecule has 2 amide bonds. The Hall–Kier alpha value is -0.930. The molecular formula is C12H23N3O4S2. The molecule has 0 fully saturated rings. The van der Waals surface area contributed by atoms with Gasteiger partial charge in [0.05, 0.1) is 6.04 Å². The molecule has 0 radical (unpaired) electrons. The normalized spacial score (nSPS) is 16.4. The number of thiol groups is 2. The molecule has 7 nitrogen and oxygen atoms in total. The quantitative estimate of drug-likeness (QED) is 0.310. The van der Waals surface area contributed by atoms with Crippen LogP contribution < -0.4 is 16.4 Å². The molecule has 5 N–H and O–H groups in total. The molecule has 0 unspecified atom stereocenters. The zero-order valence-corrected chi connectivity index (χ0v) is 13.9. The monoisotopic (exact) mass is 337 g/mol. The number of hydrogen-bond donors (Lipinski definition) is 6. The summed E-state index contributed by atoms with van der Waals surface area (Å²) >= 11 is 7.89. The first-order valence-corrected chi connectivity index (χ1v) is 7.85. The lowest BCUT2D eigenvalue weighted by atomic mass is 9.99. The van der Waals surface area contributed by atoms with Crippen LogP contribution in [0.2, 0.25) is 0 Å². The van der Waals surface area contributed by atoms with Crippen molar-refractivity contribution >= 4 is 43.0 Å². The van der Waals surface area contributed by atoms with Crippen molar-refractivity contribution in [3.63, 3.8) is 0 Å². The highest BCUT2D eigenvalue weighted by molar-refractivity contribution is 7.80. The molecule has 0 saturated carbocycles. The van der Waals surface area contributed by atoms with Crippen molar-refractivity contribution in [3.8, 4) is 0 Å². The first kappa shape index (κ1) is 20.1. The van der Waals surface area contributed by atoms with E-state index >= 15 is 0 Å². The maximum Gasteiger partial charge on any atom is 0.326 e. The second kappa shape index (κ2) is 9.91. The minimum Gasteiger partial charge on any atom is -0.480 e. The van der Waals surface area contributed by atoms with E-state index in [0.717, 1.165) is 0 Å². The van der Waals surface area contributed by atoms with Crippen LogP contribution in [0, 0.1) is 5.92 Å². The Morgan fingerprint density at radius 1 is 1.14 bits per heavy atom. The molecule has 0 spiro atoms. The van der Waals surface area contributed by atoms with Gasteiger partial charge >= 0.3 is 5.97 Å². The van der Waals surface area contributed by atoms with Crippen molar-refractivity contribution in [3.05, 3.63) is 0 Å². The molecule has 122 valence electrons. The Kier molecular flexibility index (Phi) is 9.47. The maximum atomic E-state index is 12.1. The molecule has 0 aromatic carbocycles. The van der Waals surface area contributed by atoms with Crippen LogP contribution in [0.15, 0.2) is 0 Å². The Balaban J connectivity index is 4.77. The molecule has 4 atom stereocenters. The predicted octanol–water partition coefficient (Wildman–Crippen LogP) is -0.726. The first-order chi connectivity index (χ1) is 9.78. The van der Waals surface area contributed by atoms with Gasteiger partial charge in [-0.25, -0.2) is 4.79 Å². The maximum absolute atomic E-state index is 12.1. The Morgan fingerprint density at radius 2 is 1.71 bits per heavy atom. The van der Waals surface area contributed by atoms with Gasteiger partial charge in [0.1, 0.15) is 12.1 Å². The summed E-state index contributed by atoms with van der Waals surface area (Å²) in [5.41, 5.74) is 5.50. The number of carboxylic acids is 1. The van der Waals surface area contributed by atoms with Gasteiger partial charge in [0.25, 0.3) is 0 Å². The van der Waals surface area contributed by atoms with Crippen LogP contribution in [0.1, 0.15) is 20.3 Å². The van der Waals surface area contributed by atoms with Crippen LogP contribution in [0.3, 0.4) is 0 Å². The average molecular weight is 337 g/mol. The van der Waals surface area contributed by atoms with Gasteiger partial charge in [-0.15, -0.1) is 0 Å². The van der Waals surface area contributed by atoms with Crippen molar-refractivity contribution in [2.24, 2.45) is 11.7 Å². The van der Waals surface area contributed by atoms with Crippen LogP contribution in [-0.2, 0) is 14.4 Å². The summed E-state index contributed by atoms with van der Waals surface area (Å²) in [5.74, 6) is -2.32. The van der Waals surface area contributed by atoms with Gasteiger partial charge in [-0.05, 0) is 5.92 Å². The number of carboxylic acid groups (broad SMARTS) is 1. The van der Waals surface area contributed by atoms with Gasteiger partial charge in [0, 0.05) is 11.5 Å². The fourth-order valence-electron chi connectivity index (χ4n) is 1.49. The van der Waals surface area contributed by atoms with Crippen LogP contribution in [0.5, 0.6) is 0 Å². The number of nitrogens with two attached hydrogens (primary N) is 1. The summed E-state index contributed by atoms with van der Waals surface area (Å²) in [7, 11) is 0. The fraction of sp³-hybridized carbons (Fsp3) is 0.750. The minimum atomic E-state index is -1.12. The third-order valence-corrected chi connectivity index (χ3v) is 3.88. The largest absolute Gasteiger partial charge is 0.480 e. The second-order valence-electron chi connectivity index (χ2n) is 4.74. The summed E-state index contributed by atoms with van der Waals surface area (Å²) in [6.07, 6.45) is 0.597. The lowest BCUT2D eigenvalue weighted by molar-refractivity contribution is -0.143. The molecule has 0 rings (SSSR count). The van der Waals surface area contributed by atoms with E-state index in [1.54, 1.807) is 6.92 Å². The van der Waals surface area contributed by atoms with Crippen LogP contribution >= 0.6 is 25.3 Å². The van der Waals surface area contributed by atoms with E-state index in [9.17, 15) is 14.4 Å². The van der Waals surface area contributed by atoms with Gasteiger partial charge in [-0.1, -0.05) is 20.3 Å². The fourth-order valence-corrected chi connectivity index (χ4v) is 1.92. The summed E-state index contributed by atoms with van der Waals surface area (Å²) < 4.78 is 0. The zero-order chi connectivity index (χ0) is 16.6. The number of amides is 2. The molecule has 0 saturated heterocycles. The van der Waals surface area contributed by atoms with Gasteiger partial charge < -0.3 is 21.5 Å². The highest BCUT2D eigenvalue weighted by Gasteiger charge is 2.29. The Morgan fingerprint density at radius 3 is 2.10 bits per heavy atom. The highest BCUT2D eigenvalue weighted by Crippen LogP contribution is 2.08. The van der Waals surface area contributed by atoms with Crippen molar-refractivity contribution in [1.29, 1.82) is 0 Å². The first-order valence-electron chi connectivity index (χ1n) is 6.59. The SMILES string of the molecule is CC[C@H](C)[C@H](NC(=O)[C@H](CS)NC(=O)[C@@H](N)CS)C(=O)O. The third-order valence-electron chi connectivity index (χ3n) is 3.13. The molecule has 0 heterocycles. The molecule has 0 aliphatic carbocycles. The van der Waals surface area contributed by atoms with Gasteiger partial charge in [0.15, 0.2) is 0 Å². The number of carbonyl (C=O) groups excluding carboxylic acids is 2. The molecule has 0 aromatic heterocycles. The van der Waals surface area contributed by atoms with E-state index in [0.29, 0.717) is 6.42 Å². The summed E-state index contributed by atoms with van der Waals surface area (Å²) in [5, 5.41) is 14.0. The Bertz CT molecular complexity index is 382. The van der Waals surface area contributed by atoms with Crippen molar-refractivity contribution in [1.82, 2.24) is 10.6 Å². The van der Waals surface area contributed by atoms with E-state index in [4.69, 9.17) is 10.8 Å². The highest BCUT2D eigenvalue weighted by atomic mass is 32.1. The van der Waals surface area contributed by atoms with E-state index in [1.807, 2.05) is 6.92 Å². The van der Waals surface area contributed by atoms with Gasteiger partial charge in [-0.2, -0.15) is 25.3 Å². The number of hydrogen-bond acceptors (Lipinski definition) is 6. The molecule has 0 aliphatic rings. The van der Waals surface area contributed by atoms with E-state index < -0.39 is 35.9 Å². The standard InChI is InChI=1S/C12H23N3O4S2/c1-3-6(2)9(12(18)19)15-11(17)8(5-21)14-10(16)7(13)4-20/h6-9,20-21H,3-5,13H2,1-2H3,(H,14,16)(H,15,17)(H,18,19)/t6-,7-,8-,9-/m0/s1. The second-order valence-corrected chi connectivity index (χ2v) is 5.47. The lowest BCUT2D eigenvalue weighted by Gasteiger charge is -2.24. The molecule has 0 aromatic rings. The summed E-state index contributed by atoms with van der Waals surface area (Å²) in [6.45, 7) is 3.56. The topological polar surface area (TPSA) is 122 Å². The Labute approximate surface area is 135 Å². The van der Waals surface area contributed by atoms with Crippen molar-refractivity contribution < 1.29 is 19.5 Å². The van der Waals surface area contributed by atoms with E-state index in [-0.39, 0.29) is 17.4 Å². The molecule has 9 heteroatoms. The molecular weight excluding hydrogens is 314 g/mol. The summed E-state index contributed by atoms with van der Waals surface area (Å²) in [6, 6.07) is -2.80. The smallest absolute Gasteiger partial charge is 0.326 e. The predicted molar refractivity (Wildman–Crippen MR) is 86.6 cm³/mol. The van der Waals surface area contributed by atoms with Crippen LogP contribution in [0.4, 0.5) is 0 Å². The number of aliphatic carboxylic acids is 1. The van der Waals surface area contributed by atoms with Crippen LogP contribution in [-0.4, -0.2) is 52.5 Å². The minimum absolute atomic E-state index is 0.0315. The van der Waals surface area contributed by atoms with Gasteiger partial charge in [-0.3, -0.25) is 9.59 Å². The summed E-state index contributed by atoms with van der Waals surface area (Å²) in [4.78, 5) is 34.9. The lowest BCUT2D eigenvalue weighted by Crippen LogP contribution is -2.56. The molecule has 0 bridgehead atoms. The average Bonchev–Trinajstić information content (AvgIpc) is 2.47. The number of carbonyl (C=O) groups is 3. The van der Waals surface area contributed by atoms with E-state index in [2.05, 4.69) is 35.9 Å². The van der Waals surface area contributed by atoms with Crippen molar-refractivity contribution in [2.75, 3.05) is 11.5 Å². The zero-order valence-electron chi connectivity index (χ0n) is 12.1. The number of nitrogens with one attached hydrogen (secondary N) is 2. The van der Waals surface area contributed by atoms with Gasteiger partial charge in [0.2, 0.25) is 11.8 Å². The van der Waals surface area contributed by atoms with Crippen molar-refractivity contribution in [2.45, 2.75) is 38.4 Å². The molecule has 21 heavy (non-hydrogen) atoms. The molecule has 0 aliphatic heterocycles. The van der Waals surface area contributed by atoms with Crippen LogP contribution in [0.25, 0.3) is 0 Å². The third kappa shape index (κ3) is 6.58. The van der Waals surface area contributed by atoms with E-state index in [1.165, 1.54) is 0 Å². The number of rotatable bonds is 9.